The van der Waals surface area contributed by atoms with Crippen molar-refractivity contribution in [1.82, 2.24) is 9.13 Å². The van der Waals surface area contributed by atoms with Crippen LogP contribution in [0.3, 0.4) is 0 Å². The Labute approximate surface area is 298 Å². The van der Waals surface area contributed by atoms with Crippen LogP contribution in [-0.4, -0.2) is 19.3 Å². The molecular weight excluding hydrogens is 617 g/mol. The fourth-order valence-electron chi connectivity index (χ4n) is 7.41. The predicted octanol–water partition coefficient (Wildman–Crippen LogP) is 10.1. The van der Waals surface area contributed by atoms with Crippen LogP contribution in [0.5, 0.6) is 11.5 Å². The molecule has 0 bridgehead atoms. The number of aryl methyl sites for hydroxylation is 2. The number of hydrogen-bond donors (Lipinski definition) is 2. The lowest BCUT2D eigenvalue weighted by Gasteiger charge is -2.18. The average Bonchev–Trinajstić information content (AvgIpc) is 3.78. The van der Waals surface area contributed by atoms with E-state index in [0.717, 1.165) is 45.8 Å². The van der Waals surface area contributed by atoms with E-state index >= 15 is 0 Å². The minimum Gasteiger partial charge on any atom is -0.507 e. The Balaban J connectivity index is 1.29. The first-order valence-corrected chi connectivity index (χ1v) is 19.1. The number of hydrogen-bond acceptors (Lipinski definition) is 2. The van der Waals surface area contributed by atoms with Crippen molar-refractivity contribution >= 4 is 21.5 Å². The fraction of sp³-hybridized carbons (Fsp3) is 0.409. The number of rotatable bonds is 19. The first kappa shape index (κ1) is 35.3. The van der Waals surface area contributed by atoms with E-state index in [-0.39, 0.29) is 11.5 Å². The summed E-state index contributed by atoms with van der Waals surface area (Å²) in [5.41, 5.74) is 3.03. The third kappa shape index (κ3) is 8.58. The third-order valence-corrected chi connectivity index (χ3v) is 10.2. The number of aromatic nitrogens is 4. The molecule has 6 aromatic rings. The lowest BCUT2D eigenvalue weighted by molar-refractivity contribution is -0.688. The van der Waals surface area contributed by atoms with Gasteiger partial charge in [0, 0.05) is 22.3 Å². The Kier molecular flexibility index (Phi) is 12.3. The van der Waals surface area contributed by atoms with Gasteiger partial charge in [0.05, 0.1) is 13.1 Å². The van der Waals surface area contributed by atoms with E-state index in [1.807, 2.05) is 24.3 Å². The summed E-state index contributed by atoms with van der Waals surface area (Å²) in [5, 5.41) is 28.2. The number of benzene rings is 4. The summed E-state index contributed by atoms with van der Waals surface area (Å²) >= 11 is 0. The second-order valence-corrected chi connectivity index (χ2v) is 14.1. The molecule has 6 nitrogen and oxygen atoms in total. The maximum absolute atomic E-state index is 12.1. The highest BCUT2D eigenvalue weighted by Gasteiger charge is 2.23. The molecule has 0 saturated heterocycles. The SMILES string of the molecule is CCCCCCCCn1cc[n+](Cc2cc3ccccc3c(-c3c(O)c(C[n+]4ccn(CCCCCCCC)c4)cc4ccccc34)c2O)c1. The molecule has 0 amide bonds. The van der Waals surface area contributed by atoms with Crippen LogP contribution in [0.25, 0.3) is 32.7 Å². The van der Waals surface area contributed by atoms with Crippen LogP contribution < -0.4 is 9.13 Å². The maximum atomic E-state index is 12.1. The molecule has 0 saturated carbocycles. The Morgan fingerprint density at radius 3 is 1.36 bits per heavy atom. The summed E-state index contributed by atoms with van der Waals surface area (Å²) in [4.78, 5) is 0. The number of aromatic hydroxyl groups is 2. The number of nitrogens with zero attached hydrogens (tertiary/aromatic N) is 4. The largest absolute Gasteiger partial charge is 0.507 e. The van der Waals surface area contributed by atoms with Gasteiger partial charge in [-0.2, -0.15) is 0 Å². The second-order valence-electron chi connectivity index (χ2n) is 14.1. The van der Waals surface area contributed by atoms with Crippen LogP contribution in [0.15, 0.2) is 98.1 Å². The molecule has 6 heteroatoms. The molecule has 0 radical (unpaired) electrons. The highest BCUT2D eigenvalue weighted by molar-refractivity contribution is 6.10. The van der Waals surface area contributed by atoms with Gasteiger partial charge in [-0.3, -0.25) is 0 Å². The quantitative estimate of drug-likeness (QED) is 0.0665. The monoisotopic (exact) mass is 672 g/mol. The van der Waals surface area contributed by atoms with Gasteiger partial charge in [-0.15, -0.1) is 0 Å². The summed E-state index contributed by atoms with van der Waals surface area (Å²) in [6, 6.07) is 20.6. The highest BCUT2D eigenvalue weighted by Crippen LogP contribution is 2.47. The summed E-state index contributed by atoms with van der Waals surface area (Å²) in [6.45, 7) is 7.59. The van der Waals surface area contributed by atoms with Crippen LogP contribution in [0.4, 0.5) is 0 Å². The first-order valence-electron chi connectivity index (χ1n) is 19.1. The molecule has 0 aliphatic carbocycles. The van der Waals surface area contributed by atoms with Gasteiger partial charge in [-0.25, -0.2) is 18.3 Å². The molecule has 4 aromatic carbocycles. The van der Waals surface area contributed by atoms with E-state index < -0.39 is 0 Å². The van der Waals surface area contributed by atoms with Crippen molar-refractivity contribution < 1.29 is 19.3 Å². The minimum atomic E-state index is 0.218. The second kappa shape index (κ2) is 17.4. The summed E-state index contributed by atoms with van der Waals surface area (Å²) < 4.78 is 8.79. The number of phenolic OH excluding ortho intramolecular Hbond substituents is 2. The van der Waals surface area contributed by atoms with Crippen LogP contribution in [0.1, 0.15) is 102 Å². The predicted molar refractivity (Wildman–Crippen MR) is 204 cm³/mol. The molecule has 2 N–H and O–H groups in total. The van der Waals surface area contributed by atoms with Crippen LogP contribution in [-0.2, 0) is 26.2 Å². The third-order valence-electron chi connectivity index (χ3n) is 10.2. The smallest absolute Gasteiger partial charge is 0.244 e. The molecule has 0 aliphatic rings. The van der Waals surface area contributed by atoms with Crippen LogP contribution in [0.2, 0.25) is 0 Å². The first-order chi connectivity index (χ1) is 24.6. The molecule has 50 heavy (non-hydrogen) atoms. The molecule has 0 unspecified atom stereocenters. The molecule has 0 atom stereocenters. The Morgan fingerprint density at radius 1 is 0.520 bits per heavy atom. The van der Waals surface area contributed by atoms with E-state index in [0.29, 0.717) is 24.2 Å². The summed E-state index contributed by atoms with van der Waals surface area (Å²) in [6.07, 6.45) is 28.0. The maximum Gasteiger partial charge on any atom is 0.244 e. The Bertz CT molecular complexity index is 1840. The van der Waals surface area contributed by atoms with Gasteiger partial charge in [0.25, 0.3) is 0 Å². The number of imidazole rings is 2. The molecule has 0 spiro atoms. The zero-order valence-electron chi connectivity index (χ0n) is 30.2. The molecule has 2 aromatic heterocycles. The average molecular weight is 673 g/mol. The minimum absolute atomic E-state index is 0.218. The molecule has 0 aliphatic heterocycles. The Morgan fingerprint density at radius 2 is 0.920 bits per heavy atom. The molecule has 6 rings (SSSR count). The van der Waals surface area contributed by atoms with E-state index in [1.54, 1.807) is 0 Å². The summed E-state index contributed by atoms with van der Waals surface area (Å²) in [5.74, 6) is 0.436. The van der Waals surface area contributed by atoms with Gasteiger partial charge >= 0.3 is 0 Å². The van der Waals surface area contributed by atoms with Gasteiger partial charge in [0.15, 0.2) is 0 Å². The van der Waals surface area contributed by atoms with Crippen LogP contribution in [0, 0.1) is 0 Å². The number of unbranched alkanes of at least 4 members (excludes halogenated alkanes) is 10. The molecule has 2 heterocycles. The zero-order chi connectivity index (χ0) is 34.7. The fourth-order valence-corrected chi connectivity index (χ4v) is 7.41. The summed E-state index contributed by atoms with van der Waals surface area (Å²) in [7, 11) is 0. The molecular formula is C44H56N4O2+2. The van der Waals surface area contributed by atoms with Crippen molar-refractivity contribution in [2.75, 3.05) is 0 Å². The lowest BCUT2D eigenvalue weighted by atomic mass is 9.88. The van der Waals surface area contributed by atoms with Crippen molar-refractivity contribution in [2.45, 2.75) is 117 Å². The lowest BCUT2D eigenvalue weighted by Crippen LogP contribution is -2.31. The van der Waals surface area contributed by atoms with Gasteiger partial charge in [0.1, 0.15) is 49.4 Å². The van der Waals surface area contributed by atoms with Crippen molar-refractivity contribution in [2.24, 2.45) is 0 Å². The molecule has 262 valence electrons. The van der Waals surface area contributed by atoms with Gasteiger partial charge in [-0.05, 0) is 59.4 Å². The van der Waals surface area contributed by atoms with Crippen molar-refractivity contribution in [3.8, 4) is 22.6 Å². The van der Waals surface area contributed by atoms with Gasteiger partial charge < -0.3 is 10.2 Å². The van der Waals surface area contributed by atoms with Crippen LogP contribution >= 0.6 is 0 Å². The zero-order valence-corrected chi connectivity index (χ0v) is 30.2. The Hall–Kier alpha value is -4.58. The van der Waals surface area contributed by atoms with E-state index in [4.69, 9.17) is 0 Å². The van der Waals surface area contributed by atoms with E-state index in [1.165, 1.54) is 77.0 Å². The van der Waals surface area contributed by atoms with E-state index in [2.05, 4.69) is 106 Å². The highest BCUT2D eigenvalue weighted by atomic mass is 16.3. The standard InChI is InChI=1S/C44H54N4O2/c1-3-5-7-9-11-17-23-45-25-27-47(33-45)31-37-29-35-19-13-15-21-39(35)41(43(37)49)42-40-22-16-14-20-36(40)30-38(44(42)50)32-48-28-26-46(34-48)24-18-12-10-8-6-4-2/h13-16,19-22,25-30,33-34H,3-12,17-18,23-24,31-32H2,1-2H3/p+2. The number of fused-ring (bicyclic) bond motifs is 2. The van der Waals surface area contributed by atoms with E-state index in [9.17, 15) is 10.2 Å². The number of phenols is 2. The van der Waals surface area contributed by atoms with Gasteiger partial charge in [-0.1, -0.05) is 114 Å². The molecule has 0 fully saturated rings. The van der Waals surface area contributed by atoms with Gasteiger partial charge in [0.2, 0.25) is 12.7 Å². The van der Waals surface area contributed by atoms with Crippen molar-refractivity contribution in [1.29, 1.82) is 0 Å². The van der Waals surface area contributed by atoms with Crippen molar-refractivity contribution in [3.63, 3.8) is 0 Å². The normalized spacial score (nSPS) is 11.6. The topological polar surface area (TPSA) is 58.1 Å². The van der Waals surface area contributed by atoms with Crippen molar-refractivity contribution in [3.05, 3.63) is 109 Å².